The van der Waals surface area contributed by atoms with Gasteiger partial charge in [0.2, 0.25) is 0 Å². The van der Waals surface area contributed by atoms with Crippen LogP contribution >= 0.6 is 0 Å². The van der Waals surface area contributed by atoms with Gasteiger partial charge in [-0.1, -0.05) is 44.2 Å². The normalized spacial score (nSPS) is 16.5. The number of aromatic nitrogens is 2. The number of benzene rings is 1. The highest BCUT2D eigenvalue weighted by Crippen LogP contribution is 2.17. The maximum Gasteiger partial charge on any atom is 0.251 e. The van der Waals surface area contributed by atoms with Crippen LogP contribution in [0.1, 0.15) is 60.9 Å². The van der Waals surface area contributed by atoms with E-state index >= 15 is 0 Å². The van der Waals surface area contributed by atoms with Crippen LogP contribution in [0.25, 0.3) is 0 Å². The Morgan fingerprint density at radius 1 is 1.09 bits per heavy atom. The van der Waals surface area contributed by atoms with Crippen LogP contribution in [0.15, 0.2) is 43.0 Å². The summed E-state index contributed by atoms with van der Waals surface area (Å²) in [5.41, 5.74) is 1.92. The number of amides is 1. The molecule has 0 saturated heterocycles. The van der Waals surface area contributed by atoms with Crippen molar-refractivity contribution in [1.82, 2.24) is 14.9 Å². The van der Waals surface area contributed by atoms with Crippen LogP contribution in [0, 0.1) is 0 Å². The fraction of sp³-hybridized carbons (Fsp3) is 0.474. The molecule has 0 bridgehead atoms. The predicted molar refractivity (Wildman–Crippen MR) is 91.3 cm³/mol. The summed E-state index contributed by atoms with van der Waals surface area (Å²) < 4.78 is 2.02. The van der Waals surface area contributed by atoms with Gasteiger partial charge >= 0.3 is 0 Å². The number of hydrogen-bond acceptors (Lipinski definition) is 2. The Bertz CT molecular complexity index is 596. The first-order valence-electron chi connectivity index (χ1n) is 8.67. The lowest BCUT2D eigenvalue weighted by Crippen LogP contribution is -2.35. The molecule has 4 nitrogen and oxygen atoms in total. The molecule has 1 heterocycles. The minimum Gasteiger partial charge on any atom is -0.349 e. The molecular formula is C19H25N3O. The van der Waals surface area contributed by atoms with Crippen LogP contribution in [0.2, 0.25) is 0 Å². The lowest BCUT2D eigenvalue weighted by Gasteiger charge is -2.21. The SMILES string of the molecule is O=C(NC1CCCCCCC1)c1ccc(Cn2ccnc2)cc1. The third-order valence-electron chi connectivity index (χ3n) is 4.58. The number of rotatable bonds is 4. The molecule has 1 N–H and O–H groups in total. The van der Waals surface area contributed by atoms with Crippen molar-refractivity contribution in [3.63, 3.8) is 0 Å². The molecule has 2 aromatic rings. The summed E-state index contributed by atoms with van der Waals surface area (Å²) in [5, 5.41) is 3.21. The van der Waals surface area contributed by atoms with Crippen molar-refractivity contribution < 1.29 is 4.79 Å². The summed E-state index contributed by atoms with van der Waals surface area (Å²) in [6, 6.07) is 8.23. The molecule has 0 atom stereocenters. The van der Waals surface area contributed by atoms with Crippen LogP contribution in [0.5, 0.6) is 0 Å². The summed E-state index contributed by atoms with van der Waals surface area (Å²) >= 11 is 0. The van der Waals surface area contributed by atoms with E-state index in [0.717, 1.165) is 24.9 Å². The fourth-order valence-electron chi connectivity index (χ4n) is 3.22. The Balaban J connectivity index is 1.56. The molecule has 1 amide bonds. The van der Waals surface area contributed by atoms with Crippen LogP contribution in [0.4, 0.5) is 0 Å². The van der Waals surface area contributed by atoms with E-state index in [2.05, 4.69) is 10.3 Å². The summed E-state index contributed by atoms with van der Waals surface area (Å²) in [4.78, 5) is 16.5. The average molecular weight is 311 g/mol. The zero-order valence-corrected chi connectivity index (χ0v) is 13.6. The molecule has 1 fully saturated rings. The van der Waals surface area contributed by atoms with Crippen LogP contribution in [-0.4, -0.2) is 21.5 Å². The lowest BCUT2D eigenvalue weighted by molar-refractivity contribution is 0.0930. The van der Waals surface area contributed by atoms with Gasteiger partial charge in [-0.25, -0.2) is 4.98 Å². The van der Waals surface area contributed by atoms with E-state index in [0.29, 0.717) is 6.04 Å². The Morgan fingerprint density at radius 2 is 1.78 bits per heavy atom. The number of carbonyl (C=O) groups is 1. The fourth-order valence-corrected chi connectivity index (χ4v) is 3.22. The second-order valence-electron chi connectivity index (χ2n) is 6.45. The molecule has 23 heavy (non-hydrogen) atoms. The van der Waals surface area contributed by atoms with Gasteiger partial charge in [0, 0.05) is 30.5 Å². The highest BCUT2D eigenvalue weighted by molar-refractivity contribution is 5.94. The third kappa shape index (κ3) is 4.68. The minimum absolute atomic E-state index is 0.0600. The first-order valence-corrected chi connectivity index (χ1v) is 8.67. The van der Waals surface area contributed by atoms with Gasteiger partial charge in [-0.05, 0) is 30.5 Å². The van der Waals surface area contributed by atoms with Crippen molar-refractivity contribution in [1.29, 1.82) is 0 Å². The molecule has 0 aliphatic heterocycles. The van der Waals surface area contributed by atoms with Crippen LogP contribution in [0.3, 0.4) is 0 Å². The van der Waals surface area contributed by atoms with Gasteiger partial charge < -0.3 is 9.88 Å². The van der Waals surface area contributed by atoms with Crippen molar-refractivity contribution in [2.24, 2.45) is 0 Å². The van der Waals surface area contributed by atoms with Crippen molar-refractivity contribution in [3.05, 3.63) is 54.1 Å². The predicted octanol–water partition coefficient (Wildman–Crippen LogP) is 3.77. The molecule has 1 aromatic carbocycles. The monoisotopic (exact) mass is 311 g/mol. The van der Waals surface area contributed by atoms with E-state index in [1.807, 2.05) is 35.0 Å². The summed E-state index contributed by atoms with van der Waals surface area (Å²) in [6.45, 7) is 0.782. The molecule has 1 aliphatic rings. The maximum absolute atomic E-state index is 12.4. The zero-order valence-electron chi connectivity index (χ0n) is 13.6. The van der Waals surface area contributed by atoms with E-state index in [4.69, 9.17) is 0 Å². The second kappa shape index (κ2) is 7.95. The van der Waals surface area contributed by atoms with Gasteiger partial charge in [0.25, 0.3) is 5.91 Å². The minimum atomic E-state index is 0.0600. The summed E-state index contributed by atoms with van der Waals surface area (Å²) in [7, 11) is 0. The number of carbonyl (C=O) groups excluding carboxylic acids is 1. The number of hydrogen-bond donors (Lipinski definition) is 1. The maximum atomic E-state index is 12.4. The molecule has 122 valence electrons. The Hall–Kier alpha value is -2.10. The molecule has 0 spiro atoms. The molecule has 0 unspecified atom stereocenters. The second-order valence-corrected chi connectivity index (χ2v) is 6.45. The average Bonchev–Trinajstić information content (AvgIpc) is 3.03. The van der Waals surface area contributed by atoms with E-state index in [-0.39, 0.29) is 5.91 Å². The van der Waals surface area contributed by atoms with E-state index in [1.54, 1.807) is 12.5 Å². The quantitative estimate of drug-likeness (QED) is 0.934. The van der Waals surface area contributed by atoms with E-state index < -0.39 is 0 Å². The van der Waals surface area contributed by atoms with Gasteiger partial charge in [-0.3, -0.25) is 4.79 Å². The van der Waals surface area contributed by atoms with Crippen molar-refractivity contribution in [3.8, 4) is 0 Å². The third-order valence-corrected chi connectivity index (χ3v) is 4.58. The van der Waals surface area contributed by atoms with Gasteiger partial charge in [-0.15, -0.1) is 0 Å². The van der Waals surface area contributed by atoms with Crippen molar-refractivity contribution in [2.45, 2.75) is 57.5 Å². The van der Waals surface area contributed by atoms with Crippen molar-refractivity contribution in [2.75, 3.05) is 0 Å². The highest BCUT2D eigenvalue weighted by atomic mass is 16.1. The Labute approximate surface area is 137 Å². The van der Waals surface area contributed by atoms with Crippen molar-refractivity contribution >= 4 is 5.91 Å². The van der Waals surface area contributed by atoms with E-state index in [9.17, 15) is 4.79 Å². The van der Waals surface area contributed by atoms with Crippen LogP contribution < -0.4 is 5.32 Å². The number of imidazole rings is 1. The molecule has 1 aromatic heterocycles. The summed E-state index contributed by atoms with van der Waals surface area (Å²) in [5.74, 6) is 0.0600. The molecule has 0 radical (unpaired) electrons. The smallest absolute Gasteiger partial charge is 0.251 e. The highest BCUT2D eigenvalue weighted by Gasteiger charge is 2.15. The van der Waals surface area contributed by atoms with Gasteiger partial charge in [0.15, 0.2) is 0 Å². The first-order chi connectivity index (χ1) is 11.3. The largest absolute Gasteiger partial charge is 0.349 e. The molecule has 1 aliphatic carbocycles. The van der Waals surface area contributed by atoms with Crippen LogP contribution in [-0.2, 0) is 6.54 Å². The molecule has 4 heteroatoms. The summed E-state index contributed by atoms with van der Waals surface area (Å²) in [6.07, 6.45) is 14.2. The van der Waals surface area contributed by atoms with Gasteiger partial charge in [-0.2, -0.15) is 0 Å². The Kier molecular flexibility index (Phi) is 5.46. The lowest BCUT2D eigenvalue weighted by atomic mass is 9.96. The molecule has 3 rings (SSSR count). The first kappa shape index (κ1) is 15.8. The number of nitrogens with one attached hydrogen (secondary N) is 1. The topological polar surface area (TPSA) is 46.9 Å². The van der Waals surface area contributed by atoms with Gasteiger partial charge in [0.1, 0.15) is 0 Å². The van der Waals surface area contributed by atoms with E-state index in [1.165, 1.54) is 37.7 Å². The Morgan fingerprint density at radius 3 is 2.43 bits per heavy atom. The van der Waals surface area contributed by atoms with Gasteiger partial charge in [0.05, 0.1) is 6.33 Å². The molecule has 1 saturated carbocycles. The standard InChI is InChI=1S/C19H25N3O/c23-19(21-18-6-4-2-1-3-5-7-18)17-10-8-16(9-11-17)14-22-13-12-20-15-22/h8-13,15,18H,1-7,14H2,(H,21,23). The molecular weight excluding hydrogens is 286 g/mol. The zero-order chi connectivity index (χ0) is 15.9. The number of nitrogens with zero attached hydrogens (tertiary/aromatic N) is 2.